The van der Waals surface area contributed by atoms with Gasteiger partial charge in [-0.3, -0.25) is 0 Å². The van der Waals surface area contributed by atoms with Gasteiger partial charge in [-0.15, -0.1) is 0 Å². The van der Waals surface area contributed by atoms with Crippen molar-refractivity contribution in [3.63, 3.8) is 0 Å². The van der Waals surface area contributed by atoms with Crippen molar-refractivity contribution in [2.24, 2.45) is 28.2 Å². The van der Waals surface area contributed by atoms with Crippen LogP contribution in [0.4, 0.5) is 34.1 Å². The Morgan fingerprint density at radius 3 is 0.778 bits per heavy atom. The highest BCUT2D eigenvalue weighted by molar-refractivity contribution is 6.16. The fraction of sp³-hybridized carbons (Fsp3) is 0.118. The summed E-state index contributed by atoms with van der Waals surface area (Å²) < 4.78 is 14.7. The van der Waals surface area contributed by atoms with Crippen LogP contribution in [0.5, 0.6) is 0 Å². The Morgan fingerprint density at radius 1 is 0.167 bits per heavy atom. The van der Waals surface area contributed by atoms with E-state index in [-0.39, 0.29) is 0 Å². The predicted octanol–water partition coefficient (Wildman–Crippen LogP) is 35.0. The minimum absolute atomic E-state index is 0.907. The number of hydrogen-bond donors (Lipinski definition) is 0. The maximum atomic E-state index is 2.54. The number of nitrogens with zero attached hydrogens (tertiary/aromatic N) is 8. The Hall–Kier alpha value is -17.2. The molecule has 8 heteroatoms. The molecule has 0 N–H and O–H groups in total. The van der Waals surface area contributed by atoms with Crippen LogP contribution in [0, 0.1) is 41.5 Å². The summed E-state index contributed by atoms with van der Waals surface area (Å²) in [5, 5.41) is 15.5. The predicted molar refractivity (Wildman–Crippen MR) is 609 cm³/mol. The molecule has 0 radical (unpaired) electrons. The number of hydrogen-bond acceptors (Lipinski definition) is 2. The normalized spacial score (nSPS) is 12.8. The molecule has 0 fully saturated rings. The van der Waals surface area contributed by atoms with Gasteiger partial charge in [-0.25, -0.2) is 0 Å². The number of benzene rings is 20. The second-order valence-electron chi connectivity index (χ2n) is 41.2. The van der Waals surface area contributed by atoms with Crippen molar-refractivity contribution in [3.8, 4) is 67.0 Å². The van der Waals surface area contributed by atoms with Gasteiger partial charge in [-0.1, -0.05) is 188 Å². The van der Waals surface area contributed by atoms with Gasteiger partial charge in [0.25, 0.3) is 0 Å². The molecule has 0 spiro atoms. The van der Waals surface area contributed by atoms with E-state index >= 15 is 0 Å². The SMILES string of the molecule is Cc1cc(N(c2ccccc2)c2ccccc2)ccc1-c1ccc2c3cc4c(cc3n(C)c2c1)CCc1cc2c(cc1C4)c1ccc(-c3ccc(N(c4ccccc4)c4ccc(-c5ccc6c(c5)c5ccccc5n6-c5cc(C)c(-c6ccc7c8cc9c(cc8n(C)c7c6)CCc6cc7c(cc6C9)c6ccc(-c8cc(C)c(-n9c%10ccccc%10c%10ccccc%109)cc8C)cc6n7C)cc5C)cc4)cc3C)cc1n2C. The Bertz CT molecular complexity index is 9860. The van der Waals surface area contributed by atoms with Gasteiger partial charge in [0.15, 0.2) is 0 Å². The van der Waals surface area contributed by atoms with Crippen molar-refractivity contribution in [1.82, 2.24) is 27.4 Å². The lowest BCUT2D eigenvalue weighted by Crippen LogP contribution is -2.10. The van der Waals surface area contributed by atoms with E-state index in [1.165, 1.54) is 276 Å². The molecule has 690 valence electrons. The smallest absolute Gasteiger partial charge is 0.0541 e. The van der Waals surface area contributed by atoms with Crippen LogP contribution in [0.1, 0.15) is 77.9 Å². The summed E-state index contributed by atoms with van der Waals surface area (Å²) in [6.45, 7) is 13.7. The topological polar surface area (TPSA) is 36.1 Å². The van der Waals surface area contributed by atoms with Crippen molar-refractivity contribution < 1.29 is 0 Å². The molecule has 20 aromatic carbocycles. The summed E-state index contributed by atoms with van der Waals surface area (Å²) in [5.41, 5.74) is 55.5. The van der Waals surface area contributed by atoms with E-state index < -0.39 is 0 Å². The van der Waals surface area contributed by atoms with E-state index in [1.807, 2.05) is 0 Å². The average molecular weight is 1850 g/mol. The molecular formula is C136H106N8. The molecule has 0 saturated carbocycles. The maximum absolute atomic E-state index is 2.54. The van der Waals surface area contributed by atoms with Gasteiger partial charge >= 0.3 is 0 Å². The van der Waals surface area contributed by atoms with Gasteiger partial charge < -0.3 is 37.2 Å². The zero-order valence-electron chi connectivity index (χ0n) is 82.8. The molecule has 6 heterocycles. The summed E-state index contributed by atoms with van der Waals surface area (Å²) in [7, 11) is 9.04. The largest absolute Gasteiger partial charge is 0.344 e. The molecule has 0 saturated heterocycles. The van der Waals surface area contributed by atoms with Crippen molar-refractivity contribution in [2.45, 2.75) is 80.1 Å². The molecular weight excluding hydrogens is 1750 g/mol. The zero-order chi connectivity index (χ0) is 96.4. The summed E-state index contributed by atoms with van der Waals surface area (Å²) in [6, 6.07) is 147. The average Bonchev–Trinajstić information content (AvgIpc) is 1.58. The molecule has 0 bridgehead atoms. The number of aryl methyl sites for hydroxylation is 14. The summed E-state index contributed by atoms with van der Waals surface area (Å²) >= 11 is 0. The molecule has 6 aromatic heterocycles. The lowest BCUT2D eigenvalue weighted by Gasteiger charge is -2.26. The summed E-state index contributed by atoms with van der Waals surface area (Å²) in [5.74, 6) is 0. The number of aromatic nitrogens is 6. The first-order chi connectivity index (χ1) is 70.5. The number of para-hydroxylation sites is 6. The second kappa shape index (κ2) is 32.7. The van der Waals surface area contributed by atoms with Crippen LogP contribution in [-0.2, 0) is 66.7 Å². The van der Waals surface area contributed by atoms with E-state index in [0.717, 1.165) is 72.6 Å². The van der Waals surface area contributed by atoms with E-state index in [9.17, 15) is 0 Å². The van der Waals surface area contributed by atoms with Crippen LogP contribution < -0.4 is 9.80 Å². The molecule has 0 unspecified atom stereocenters. The third-order valence-electron chi connectivity index (χ3n) is 32.9. The van der Waals surface area contributed by atoms with Gasteiger partial charge in [0, 0.05) is 182 Å². The molecule has 0 atom stereocenters. The molecule has 2 aliphatic carbocycles. The maximum Gasteiger partial charge on any atom is 0.0541 e. The third-order valence-corrected chi connectivity index (χ3v) is 32.9. The number of fused-ring (bicyclic) bond motifs is 22. The van der Waals surface area contributed by atoms with Gasteiger partial charge in [0.1, 0.15) is 0 Å². The van der Waals surface area contributed by atoms with E-state index in [0.29, 0.717) is 0 Å². The van der Waals surface area contributed by atoms with E-state index in [4.69, 9.17) is 0 Å². The van der Waals surface area contributed by atoms with Crippen LogP contribution in [-0.4, -0.2) is 27.4 Å². The molecule has 144 heavy (non-hydrogen) atoms. The van der Waals surface area contributed by atoms with E-state index in [1.54, 1.807) is 0 Å². The van der Waals surface area contributed by atoms with Crippen LogP contribution in [0.3, 0.4) is 0 Å². The second-order valence-corrected chi connectivity index (χ2v) is 41.2. The zero-order valence-corrected chi connectivity index (χ0v) is 82.8. The Kier molecular flexibility index (Phi) is 19.3. The van der Waals surface area contributed by atoms with Crippen molar-refractivity contribution >= 4 is 165 Å². The highest BCUT2D eigenvalue weighted by Gasteiger charge is 2.29. The molecule has 26 aromatic rings. The first-order valence-corrected chi connectivity index (χ1v) is 51.0. The van der Waals surface area contributed by atoms with Gasteiger partial charge in [-0.05, 0) is 414 Å². The van der Waals surface area contributed by atoms with Crippen molar-refractivity contribution in [1.29, 1.82) is 0 Å². The van der Waals surface area contributed by atoms with Crippen LogP contribution in [0.25, 0.3) is 198 Å². The van der Waals surface area contributed by atoms with Gasteiger partial charge in [0.05, 0.1) is 22.1 Å². The van der Waals surface area contributed by atoms with Crippen molar-refractivity contribution in [2.75, 3.05) is 9.80 Å². The minimum atomic E-state index is 0.907. The molecule has 2 aliphatic rings. The first-order valence-electron chi connectivity index (χ1n) is 51.0. The highest BCUT2D eigenvalue weighted by Crippen LogP contribution is 2.49. The molecule has 8 nitrogen and oxygen atoms in total. The van der Waals surface area contributed by atoms with Gasteiger partial charge in [0.2, 0.25) is 0 Å². The summed E-state index contributed by atoms with van der Waals surface area (Å²) in [6.07, 6.45) is 5.84. The first kappa shape index (κ1) is 84.8. The van der Waals surface area contributed by atoms with Crippen molar-refractivity contribution in [3.05, 3.63) is 466 Å². The van der Waals surface area contributed by atoms with Crippen LogP contribution in [0.15, 0.2) is 388 Å². The van der Waals surface area contributed by atoms with Crippen LogP contribution >= 0.6 is 0 Å². The number of rotatable bonds is 13. The van der Waals surface area contributed by atoms with E-state index in [2.05, 4.69) is 495 Å². The Labute approximate surface area is 837 Å². The third kappa shape index (κ3) is 13.3. The number of anilines is 6. The minimum Gasteiger partial charge on any atom is -0.344 e. The molecule has 0 aliphatic heterocycles. The Balaban J connectivity index is 0.428. The highest BCUT2D eigenvalue weighted by atomic mass is 15.1. The Morgan fingerprint density at radius 2 is 0.431 bits per heavy atom. The fourth-order valence-electron chi connectivity index (χ4n) is 25.5. The summed E-state index contributed by atoms with van der Waals surface area (Å²) in [4.78, 5) is 4.74. The lowest BCUT2D eigenvalue weighted by molar-refractivity contribution is 0.957. The van der Waals surface area contributed by atoms with Crippen LogP contribution in [0.2, 0.25) is 0 Å². The molecule has 0 amide bonds. The standard InChI is InChI=1S/C136H106N8/c1-81-60-105(141(101-26-14-11-15-27-101)102-28-16-12-17-29-102)51-57-107(81)93-44-53-112-119-69-97-66-98-70-120-113-54-45-94(78-130(113)138(8)134(120)74-90(98)39-38-89(97)73-133(119)137(7)129(112)77-93)108-58-52-106(61-82(108)2)142(103-30-18-13-19-31-103)104-49-42-87(43-50-104)88-48-59-126-118(68-88)111-34-22-25-37-125(111)144(126)128-65-84(4)117(63-86(128)6)96-47-56-115-122-72-100-67-99-71-121-114-55-46-95(79-131(114)139(9)135(121)75-91(99)40-41-92(100)76-136(122)140(10)132(115)80-96)116-62-85(5)127(64-83(116)3)143-123-35-23-20-32-109(123)110-33-21-24-36-124(110)143/h11-37,42-65,68-80H,38-41,66-67H2,1-10H3. The fourth-order valence-corrected chi connectivity index (χ4v) is 25.5. The molecule has 28 rings (SSSR count). The van der Waals surface area contributed by atoms with Gasteiger partial charge in [-0.2, -0.15) is 0 Å². The monoisotopic (exact) mass is 1850 g/mol. The lowest BCUT2D eigenvalue weighted by atomic mass is 9.94. The quantitative estimate of drug-likeness (QED) is 0.115.